The minimum absolute atomic E-state index is 0. The third-order valence-electron chi connectivity index (χ3n) is 2.67. The first kappa shape index (κ1) is 19.8. The Morgan fingerprint density at radius 2 is 1.95 bits per heavy atom. The number of hydrogen-bond donors (Lipinski definition) is 2. The summed E-state index contributed by atoms with van der Waals surface area (Å²) >= 11 is 6.81. The summed E-state index contributed by atoms with van der Waals surface area (Å²) in [7, 11) is 1.76. The van der Waals surface area contributed by atoms with Gasteiger partial charge in [-0.2, -0.15) is 0 Å². The predicted octanol–water partition coefficient (Wildman–Crippen LogP) is 3.97. The highest BCUT2D eigenvalue weighted by Crippen LogP contribution is 2.21. The monoisotopic (exact) mass is 515 g/mol. The quantitative estimate of drug-likeness (QED) is 0.359. The van der Waals surface area contributed by atoms with Crippen LogP contribution in [0.25, 0.3) is 0 Å². The zero-order valence-electron chi connectivity index (χ0n) is 12.6. The summed E-state index contributed by atoms with van der Waals surface area (Å²) in [6.07, 6.45) is 0. The summed E-state index contributed by atoms with van der Waals surface area (Å²) in [5.41, 5.74) is 0. The summed E-state index contributed by atoms with van der Waals surface area (Å²) in [5, 5.41) is 16.9. The van der Waals surface area contributed by atoms with E-state index in [9.17, 15) is 0 Å². The zero-order chi connectivity index (χ0) is 15.2. The Bertz CT molecular complexity index is 611. The van der Waals surface area contributed by atoms with Crippen LogP contribution in [0.4, 0.5) is 0 Å². The van der Waals surface area contributed by atoms with E-state index in [-0.39, 0.29) is 24.0 Å². The number of nitrogens with one attached hydrogen (secondary N) is 2. The van der Waals surface area contributed by atoms with Crippen molar-refractivity contribution in [3.05, 3.63) is 30.8 Å². The number of guanidine groups is 1. The molecule has 2 N–H and O–H groups in total. The highest BCUT2D eigenvalue weighted by atomic mass is 127. The first-order valence-corrected chi connectivity index (χ1v) is 9.02. The Kier molecular flexibility index (Phi) is 8.80. The molecule has 0 aliphatic heterocycles. The molecule has 9 heteroatoms. The Labute approximate surface area is 164 Å². The number of aromatic nitrogens is 2. The summed E-state index contributed by atoms with van der Waals surface area (Å²) in [6, 6.07) is 4.14. The van der Waals surface area contributed by atoms with Gasteiger partial charge in [-0.3, -0.25) is 4.99 Å². The van der Waals surface area contributed by atoms with E-state index in [1.54, 1.807) is 29.7 Å². The molecule has 0 amide bonds. The van der Waals surface area contributed by atoms with Gasteiger partial charge >= 0.3 is 0 Å². The van der Waals surface area contributed by atoms with Crippen molar-refractivity contribution in [2.24, 2.45) is 4.99 Å². The van der Waals surface area contributed by atoms with E-state index in [0.29, 0.717) is 12.5 Å². The van der Waals surface area contributed by atoms with Crippen molar-refractivity contribution in [2.45, 2.75) is 32.9 Å². The van der Waals surface area contributed by atoms with Crippen molar-refractivity contribution in [1.82, 2.24) is 20.8 Å². The second-order valence-corrected chi connectivity index (χ2v) is 8.32. The van der Waals surface area contributed by atoms with Crippen LogP contribution in [0.2, 0.25) is 0 Å². The molecule has 0 saturated carbocycles. The summed E-state index contributed by atoms with van der Waals surface area (Å²) < 4.78 is 1.14. The molecular formula is C13H19BrIN5S2. The van der Waals surface area contributed by atoms with Crippen LogP contribution in [0, 0.1) is 0 Å². The topological polar surface area (TPSA) is 62.2 Å². The Hall–Kier alpha value is -0.260. The van der Waals surface area contributed by atoms with Crippen molar-refractivity contribution in [1.29, 1.82) is 0 Å². The van der Waals surface area contributed by atoms with Gasteiger partial charge in [-0.15, -0.1) is 45.5 Å². The van der Waals surface area contributed by atoms with Crippen LogP contribution in [0.5, 0.6) is 0 Å². The zero-order valence-corrected chi connectivity index (χ0v) is 18.1. The van der Waals surface area contributed by atoms with E-state index in [1.807, 2.05) is 6.07 Å². The molecule has 0 aliphatic carbocycles. The molecule has 0 radical (unpaired) electrons. The van der Waals surface area contributed by atoms with E-state index >= 15 is 0 Å². The molecular weight excluding hydrogens is 497 g/mol. The van der Waals surface area contributed by atoms with Crippen LogP contribution >= 0.6 is 62.6 Å². The maximum absolute atomic E-state index is 4.21. The van der Waals surface area contributed by atoms with Crippen molar-refractivity contribution >= 4 is 68.5 Å². The number of thiophene rings is 1. The lowest BCUT2D eigenvalue weighted by molar-refractivity contribution is 0.786. The van der Waals surface area contributed by atoms with E-state index in [4.69, 9.17) is 0 Å². The molecule has 2 heterocycles. The van der Waals surface area contributed by atoms with E-state index in [2.05, 4.69) is 61.7 Å². The van der Waals surface area contributed by atoms with E-state index < -0.39 is 0 Å². The second kappa shape index (κ2) is 9.78. The molecule has 5 nitrogen and oxygen atoms in total. The third kappa shape index (κ3) is 6.09. The first-order valence-electron chi connectivity index (χ1n) is 6.59. The molecule has 0 saturated heterocycles. The van der Waals surface area contributed by atoms with Gasteiger partial charge in [-0.1, -0.05) is 25.2 Å². The molecule has 0 unspecified atom stereocenters. The molecule has 0 bridgehead atoms. The summed E-state index contributed by atoms with van der Waals surface area (Å²) in [4.78, 5) is 5.46. The predicted molar refractivity (Wildman–Crippen MR) is 108 cm³/mol. The van der Waals surface area contributed by atoms with Crippen LogP contribution in [0.15, 0.2) is 20.9 Å². The van der Waals surface area contributed by atoms with Crippen LogP contribution in [-0.2, 0) is 13.1 Å². The van der Waals surface area contributed by atoms with Gasteiger partial charge in [0.1, 0.15) is 10.0 Å². The van der Waals surface area contributed by atoms with Crippen LogP contribution < -0.4 is 10.6 Å². The molecule has 0 fully saturated rings. The fourth-order valence-electron chi connectivity index (χ4n) is 1.57. The smallest absolute Gasteiger partial charge is 0.191 e. The maximum Gasteiger partial charge on any atom is 0.191 e. The Morgan fingerprint density at radius 1 is 1.23 bits per heavy atom. The minimum atomic E-state index is 0. The second-order valence-electron chi connectivity index (χ2n) is 4.67. The van der Waals surface area contributed by atoms with Crippen LogP contribution in [-0.4, -0.2) is 23.2 Å². The molecule has 2 aromatic heterocycles. The Balaban J connectivity index is 0.00000242. The van der Waals surface area contributed by atoms with Crippen LogP contribution in [0.1, 0.15) is 34.7 Å². The SMILES string of the molecule is CN=C(NCc1ccc(Br)s1)NCc1nnc(C(C)C)s1.I. The van der Waals surface area contributed by atoms with Gasteiger partial charge in [0.25, 0.3) is 0 Å². The van der Waals surface area contributed by atoms with Gasteiger partial charge in [0.2, 0.25) is 0 Å². The fourth-order valence-corrected chi connectivity index (χ4v) is 3.78. The van der Waals surface area contributed by atoms with E-state index in [0.717, 1.165) is 26.3 Å². The molecule has 0 aromatic carbocycles. The summed E-state index contributed by atoms with van der Waals surface area (Å²) in [6.45, 7) is 5.64. The van der Waals surface area contributed by atoms with Gasteiger partial charge in [-0.25, -0.2) is 0 Å². The number of hydrogen-bond acceptors (Lipinski definition) is 5. The molecule has 0 aliphatic rings. The molecule has 122 valence electrons. The minimum Gasteiger partial charge on any atom is -0.352 e. The summed E-state index contributed by atoms with van der Waals surface area (Å²) in [5.74, 6) is 1.19. The average Bonchev–Trinajstić information content (AvgIpc) is 3.08. The lowest BCUT2D eigenvalue weighted by Crippen LogP contribution is -2.36. The number of aliphatic imine (C=N–C) groups is 1. The highest BCUT2D eigenvalue weighted by molar-refractivity contribution is 14.0. The molecule has 0 atom stereocenters. The maximum atomic E-state index is 4.21. The largest absolute Gasteiger partial charge is 0.352 e. The lowest BCUT2D eigenvalue weighted by atomic mass is 10.2. The molecule has 22 heavy (non-hydrogen) atoms. The van der Waals surface area contributed by atoms with Gasteiger partial charge in [0, 0.05) is 17.8 Å². The van der Waals surface area contributed by atoms with Crippen molar-refractivity contribution in [3.63, 3.8) is 0 Å². The third-order valence-corrected chi connectivity index (χ3v) is 5.51. The highest BCUT2D eigenvalue weighted by Gasteiger charge is 2.08. The molecule has 0 spiro atoms. The van der Waals surface area contributed by atoms with Gasteiger partial charge in [0.05, 0.1) is 16.9 Å². The molecule has 2 aromatic rings. The van der Waals surface area contributed by atoms with Gasteiger partial charge in [0.15, 0.2) is 5.96 Å². The standard InChI is InChI=1S/C13H18BrN5S2.HI/c1-8(2)12-19-18-11(21-12)7-17-13(15-3)16-6-9-4-5-10(14)20-9;/h4-5,8H,6-7H2,1-3H3,(H2,15,16,17);1H. The molecule has 2 rings (SSSR count). The van der Waals surface area contributed by atoms with Crippen molar-refractivity contribution < 1.29 is 0 Å². The van der Waals surface area contributed by atoms with Gasteiger partial charge in [-0.05, 0) is 28.1 Å². The van der Waals surface area contributed by atoms with E-state index in [1.165, 1.54) is 4.88 Å². The number of rotatable bonds is 5. The average molecular weight is 516 g/mol. The van der Waals surface area contributed by atoms with Crippen molar-refractivity contribution in [2.75, 3.05) is 7.05 Å². The first-order chi connectivity index (χ1) is 10.1. The van der Waals surface area contributed by atoms with Crippen LogP contribution in [0.3, 0.4) is 0 Å². The fraction of sp³-hybridized carbons (Fsp3) is 0.462. The number of nitrogens with zero attached hydrogens (tertiary/aromatic N) is 3. The lowest BCUT2D eigenvalue weighted by Gasteiger charge is -2.09. The van der Waals surface area contributed by atoms with Gasteiger partial charge < -0.3 is 10.6 Å². The Morgan fingerprint density at radius 3 is 2.50 bits per heavy atom. The normalized spacial score (nSPS) is 11.4. The van der Waals surface area contributed by atoms with Crippen molar-refractivity contribution in [3.8, 4) is 0 Å². The number of halogens is 2.